The zero-order chi connectivity index (χ0) is 21.0. The fourth-order valence-corrected chi connectivity index (χ4v) is 4.57. The lowest BCUT2D eigenvalue weighted by atomic mass is 10.1. The molecule has 0 saturated heterocycles. The van der Waals surface area contributed by atoms with Crippen molar-refractivity contribution < 1.29 is 13.2 Å². The molecule has 0 fully saturated rings. The number of nitrogens with one attached hydrogen (secondary N) is 1. The van der Waals surface area contributed by atoms with E-state index in [0.717, 1.165) is 15.4 Å². The highest BCUT2D eigenvalue weighted by atomic mass is 35.5. The second-order valence-electron chi connectivity index (χ2n) is 6.64. The van der Waals surface area contributed by atoms with Gasteiger partial charge in [-0.2, -0.15) is 0 Å². The number of sulfonamides is 1. The monoisotopic (exact) mass is 428 g/mol. The molecule has 5 nitrogen and oxygen atoms in total. The maximum Gasteiger partial charge on any atom is 0.264 e. The number of aryl methyl sites for hydroxylation is 2. The Labute approximate surface area is 176 Å². The quantitative estimate of drug-likeness (QED) is 0.613. The summed E-state index contributed by atoms with van der Waals surface area (Å²) in [7, 11) is -3.95. The van der Waals surface area contributed by atoms with E-state index < -0.39 is 15.9 Å². The van der Waals surface area contributed by atoms with Gasteiger partial charge in [-0.15, -0.1) is 0 Å². The van der Waals surface area contributed by atoms with E-state index in [1.165, 1.54) is 12.1 Å². The average Bonchev–Trinajstić information content (AvgIpc) is 2.70. The number of benzene rings is 3. The summed E-state index contributed by atoms with van der Waals surface area (Å²) < 4.78 is 27.9. The number of rotatable bonds is 6. The van der Waals surface area contributed by atoms with Crippen molar-refractivity contribution in [1.82, 2.24) is 0 Å². The van der Waals surface area contributed by atoms with E-state index in [4.69, 9.17) is 11.6 Å². The normalized spacial score (nSPS) is 11.1. The molecule has 0 atom stereocenters. The summed E-state index contributed by atoms with van der Waals surface area (Å²) in [5.74, 6) is -0.487. The van der Waals surface area contributed by atoms with E-state index >= 15 is 0 Å². The van der Waals surface area contributed by atoms with Crippen LogP contribution in [0.25, 0.3) is 0 Å². The van der Waals surface area contributed by atoms with Gasteiger partial charge in [0, 0.05) is 0 Å². The maximum atomic E-state index is 13.4. The third-order valence-electron chi connectivity index (χ3n) is 4.40. The van der Waals surface area contributed by atoms with Crippen LogP contribution in [0.15, 0.2) is 77.7 Å². The van der Waals surface area contributed by atoms with Gasteiger partial charge in [0.25, 0.3) is 10.0 Å². The maximum absolute atomic E-state index is 13.4. The van der Waals surface area contributed by atoms with Crippen LogP contribution in [0.5, 0.6) is 0 Å². The van der Waals surface area contributed by atoms with E-state index in [0.29, 0.717) is 16.4 Å². The van der Waals surface area contributed by atoms with Crippen LogP contribution < -0.4 is 9.62 Å². The van der Waals surface area contributed by atoms with E-state index in [2.05, 4.69) is 5.32 Å². The van der Waals surface area contributed by atoms with Crippen molar-refractivity contribution in [2.45, 2.75) is 18.7 Å². The number of hydrogen-bond acceptors (Lipinski definition) is 3. The highest BCUT2D eigenvalue weighted by Gasteiger charge is 2.28. The number of para-hydroxylation sites is 1. The van der Waals surface area contributed by atoms with E-state index in [1.807, 2.05) is 26.0 Å². The topological polar surface area (TPSA) is 66.5 Å². The molecule has 0 aliphatic carbocycles. The molecule has 0 aliphatic rings. The van der Waals surface area contributed by atoms with Gasteiger partial charge in [0.15, 0.2) is 0 Å². The van der Waals surface area contributed by atoms with E-state index in [-0.39, 0.29) is 11.4 Å². The molecule has 3 rings (SSSR count). The largest absolute Gasteiger partial charge is 0.323 e. The van der Waals surface area contributed by atoms with Crippen LogP contribution >= 0.6 is 11.6 Å². The lowest BCUT2D eigenvalue weighted by Gasteiger charge is -2.26. The second kappa shape index (κ2) is 8.68. The molecule has 0 aliphatic heterocycles. The molecule has 0 unspecified atom stereocenters. The van der Waals surface area contributed by atoms with Gasteiger partial charge in [-0.25, -0.2) is 8.42 Å². The van der Waals surface area contributed by atoms with Crippen LogP contribution in [0.1, 0.15) is 11.1 Å². The van der Waals surface area contributed by atoms with Crippen molar-refractivity contribution in [2.75, 3.05) is 16.2 Å². The fourth-order valence-electron chi connectivity index (χ4n) is 2.89. The molecular formula is C22H21ClN2O3S. The first-order chi connectivity index (χ1) is 13.8. The Morgan fingerprint density at radius 1 is 0.966 bits per heavy atom. The third-order valence-corrected chi connectivity index (χ3v) is 6.50. The Morgan fingerprint density at radius 2 is 1.62 bits per heavy atom. The lowest BCUT2D eigenvalue weighted by Crippen LogP contribution is -2.38. The summed E-state index contributed by atoms with van der Waals surface area (Å²) in [6, 6.07) is 20.4. The van der Waals surface area contributed by atoms with Crippen LogP contribution in [0.2, 0.25) is 5.02 Å². The second-order valence-corrected chi connectivity index (χ2v) is 8.91. The van der Waals surface area contributed by atoms with Crippen LogP contribution in [0, 0.1) is 13.8 Å². The molecule has 150 valence electrons. The lowest BCUT2D eigenvalue weighted by molar-refractivity contribution is -0.114. The number of hydrogen-bond donors (Lipinski definition) is 1. The minimum atomic E-state index is -3.95. The Kier molecular flexibility index (Phi) is 6.25. The van der Waals surface area contributed by atoms with Crippen molar-refractivity contribution in [3.63, 3.8) is 0 Å². The highest BCUT2D eigenvalue weighted by Crippen LogP contribution is 2.28. The van der Waals surface area contributed by atoms with Gasteiger partial charge in [0.05, 0.1) is 21.3 Å². The van der Waals surface area contributed by atoms with Crippen LogP contribution in [-0.4, -0.2) is 20.9 Å². The van der Waals surface area contributed by atoms with Crippen LogP contribution in [0.4, 0.5) is 11.4 Å². The van der Waals surface area contributed by atoms with Gasteiger partial charge in [0.1, 0.15) is 6.54 Å². The number of halogens is 1. The van der Waals surface area contributed by atoms with Crippen molar-refractivity contribution in [3.05, 3.63) is 88.9 Å². The summed E-state index contributed by atoms with van der Waals surface area (Å²) in [4.78, 5) is 12.9. The van der Waals surface area contributed by atoms with Gasteiger partial charge in [0.2, 0.25) is 5.91 Å². The summed E-state index contributed by atoms with van der Waals surface area (Å²) in [6.45, 7) is 3.31. The summed E-state index contributed by atoms with van der Waals surface area (Å²) in [5, 5.41) is 3.07. The Hall–Kier alpha value is -2.83. The molecular weight excluding hydrogens is 408 g/mol. The number of carbonyl (C=O) groups is 1. The van der Waals surface area contributed by atoms with E-state index in [9.17, 15) is 13.2 Å². The van der Waals surface area contributed by atoms with E-state index in [1.54, 1.807) is 48.5 Å². The smallest absolute Gasteiger partial charge is 0.264 e. The number of nitrogens with zero attached hydrogens (tertiary/aromatic N) is 1. The Balaban J connectivity index is 2.00. The number of amides is 1. The highest BCUT2D eigenvalue weighted by molar-refractivity contribution is 7.92. The molecule has 3 aromatic carbocycles. The predicted molar refractivity (Wildman–Crippen MR) is 117 cm³/mol. The fraction of sp³-hybridized carbons (Fsp3) is 0.136. The summed E-state index contributed by atoms with van der Waals surface area (Å²) in [5.41, 5.74) is 2.53. The minimum Gasteiger partial charge on any atom is -0.323 e. The first-order valence-corrected chi connectivity index (χ1v) is 10.8. The van der Waals surface area contributed by atoms with Crippen molar-refractivity contribution in [3.8, 4) is 0 Å². The van der Waals surface area contributed by atoms with Crippen LogP contribution in [0.3, 0.4) is 0 Å². The molecule has 29 heavy (non-hydrogen) atoms. The molecule has 0 aromatic heterocycles. The SMILES string of the molecule is Cc1ccc(C)c(N(CC(=O)Nc2ccccc2Cl)S(=O)(=O)c2ccccc2)c1. The van der Waals surface area contributed by atoms with Crippen molar-refractivity contribution >= 4 is 38.9 Å². The minimum absolute atomic E-state index is 0.117. The molecule has 1 amide bonds. The number of anilines is 2. The van der Waals surface area contributed by atoms with Crippen LogP contribution in [-0.2, 0) is 14.8 Å². The molecule has 0 bridgehead atoms. The first-order valence-electron chi connectivity index (χ1n) is 8.98. The summed E-state index contributed by atoms with van der Waals surface area (Å²) in [6.07, 6.45) is 0. The number of carbonyl (C=O) groups excluding carboxylic acids is 1. The molecule has 0 radical (unpaired) electrons. The molecule has 0 saturated carbocycles. The zero-order valence-corrected chi connectivity index (χ0v) is 17.7. The Morgan fingerprint density at radius 3 is 2.31 bits per heavy atom. The Bertz CT molecular complexity index is 1130. The van der Waals surface area contributed by atoms with Gasteiger partial charge in [-0.1, -0.05) is 54.1 Å². The molecule has 0 heterocycles. The van der Waals surface area contributed by atoms with Crippen molar-refractivity contribution in [2.24, 2.45) is 0 Å². The molecule has 1 N–H and O–H groups in total. The molecule has 0 spiro atoms. The van der Waals surface area contributed by atoms with Gasteiger partial charge in [-0.3, -0.25) is 9.10 Å². The standard InChI is InChI=1S/C22H21ClN2O3S/c1-16-12-13-17(2)21(14-16)25(29(27,28)18-8-4-3-5-9-18)15-22(26)24-20-11-7-6-10-19(20)23/h3-14H,15H2,1-2H3,(H,24,26). The molecule has 7 heteroatoms. The van der Waals surface area contributed by atoms with Gasteiger partial charge >= 0.3 is 0 Å². The van der Waals surface area contributed by atoms with Crippen molar-refractivity contribution in [1.29, 1.82) is 0 Å². The third kappa shape index (κ3) is 4.78. The first kappa shape index (κ1) is 20.9. The molecule has 3 aromatic rings. The average molecular weight is 429 g/mol. The summed E-state index contributed by atoms with van der Waals surface area (Å²) >= 11 is 6.11. The van der Waals surface area contributed by atoms with Gasteiger partial charge in [-0.05, 0) is 55.3 Å². The predicted octanol–water partition coefficient (Wildman–Crippen LogP) is 4.79. The zero-order valence-electron chi connectivity index (χ0n) is 16.1. The van der Waals surface area contributed by atoms with Gasteiger partial charge < -0.3 is 5.32 Å².